The van der Waals surface area contributed by atoms with Gasteiger partial charge in [-0.1, -0.05) is 45.0 Å². The van der Waals surface area contributed by atoms with E-state index < -0.39 is 0 Å². The normalized spacial score (nSPS) is 9.76. The Hall–Kier alpha value is -2.32. The largest absolute Gasteiger partial charge is 4.00 e. The van der Waals surface area contributed by atoms with Crippen LogP contribution in [0.3, 0.4) is 0 Å². The van der Waals surface area contributed by atoms with Gasteiger partial charge in [-0.2, -0.15) is 22.8 Å². The SMILES string of the molecule is Cc1cc[c-](C)c1C.[F-].[F-].[Zr+4].c1ccc2[cH-]c(-n3ccc4ccccc43)cc2c1. The Bertz CT molecular complexity index is 1130. The fraction of sp³-hybridized carbons (Fsp3) is 0.120. The number of hydrogen-bond donors (Lipinski definition) is 0. The van der Waals surface area contributed by atoms with E-state index in [1.165, 1.54) is 44.1 Å². The van der Waals surface area contributed by atoms with Crippen molar-refractivity contribution in [1.29, 1.82) is 0 Å². The van der Waals surface area contributed by atoms with Crippen LogP contribution in [0.5, 0.6) is 0 Å². The van der Waals surface area contributed by atoms with Gasteiger partial charge in [-0.3, -0.25) is 0 Å². The van der Waals surface area contributed by atoms with Crippen LogP contribution in [0.15, 0.2) is 85.1 Å². The molecule has 5 aromatic rings. The van der Waals surface area contributed by atoms with Crippen LogP contribution in [-0.4, -0.2) is 4.57 Å². The summed E-state index contributed by atoms with van der Waals surface area (Å²) < 4.78 is 2.25. The maximum Gasteiger partial charge on any atom is 4.00 e. The average Bonchev–Trinajstić information content (AvgIpc) is 3.35. The van der Waals surface area contributed by atoms with E-state index in [2.05, 4.69) is 110 Å². The van der Waals surface area contributed by atoms with E-state index in [0.29, 0.717) is 0 Å². The summed E-state index contributed by atoms with van der Waals surface area (Å²) in [6.07, 6.45) is 2.14. The Labute approximate surface area is 189 Å². The maximum atomic E-state index is 2.25. The van der Waals surface area contributed by atoms with E-state index >= 15 is 0 Å². The molecule has 0 amide bonds. The molecule has 0 aliphatic carbocycles. The molecular weight excluding hydrogens is 444 g/mol. The summed E-state index contributed by atoms with van der Waals surface area (Å²) in [5, 5.41) is 3.87. The summed E-state index contributed by atoms with van der Waals surface area (Å²) in [4.78, 5) is 0. The molecule has 0 aliphatic rings. The average molecular weight is 467 g/mol. The van der Waals surface area contributed by atoms with E-state index in [1.807, 2.05) is 0 Å². The number of aryl methyl sites for hydroxylation is 2. The van der Waals surface area contributed by atoms with Crippen LogP contribution in [0, 0.1) is 20.8 Å². The molecule has 0 N–H and O–H groups in total. The standard InChI is InChI=1S/C17H12N.C8H11.2FH.Zr/c1-2-7-15-12-16(11-14(15)6-1)18-10-9-13-5-3-4-8-17(13)18;1-6-4-5-7(2)8(6)3;;;/h1-12H;4-5H,1-3H3;2*1H;/q2*-1;;;+4/p-2. The molecule has 0 unspecified atom stereocenters. The van der Waals surface area contributed by atoms with Crippen LogP contribution < -0.4 is 9.41 Å². The summed E-state index contributed by atoms with van der Waals surface area (Å²) in [7, 11) is 0. The van der Waals surface area contributed by atoms with Gasteiger partial charge in [-0.25, -0.2) is 6.07 Å². The fourth-order valence-corrected chi connectivity index (χ4v) is 3.39. The molecule has 0 bridgehead atoms. The van der Waals surface area contributed by atoms with Gasteiger partial charge in [-0.05, 0) is 23.2 Å². The molecular formula is C25H23F2NZr. The molecule has 146 valence electrons. The van der Waals surface area contributed by atoms with E-state index in [0.717, 1.165) is 0 Å². The van der Waals surface area contributed by atoms with Gasteiger partial charge in [0, 0.05) is 6.20 Å². The minimum atomic E-state index is 0. The van der Waals surface area contributed by atoms with Gasteiger partial charge in [0.25, 0.3) is 0 Å². The number of benzene rings is 2. The first kappa shape index (κ1) is 24.7. The third-order valence-electron chi connectivity index (χ3n) is 5.25. The van der Waals surface area contributed by atoms with E-state index in [9.17, 15) is 0 Å². The number of rotatable bonds is 1. The summed E-state index contributed by atoms with van der Waals surface area (Å²) in [5.74, 6) is 0. The molecule has 0 saturated heterocycles. The molecule has 1 nitrogen and oxygen atoms in total. The van der Waals surface area contributed by atoms with Gasteiger partial charge in [0.05, 0.1) is 5.52 Å². The number of para-hydroxylation sites is 1. The molecule has 29 heavy (non-hydrogen) atoms. The minimum Gasteiger partial charge on any atom is -1.00 e. The second kappa shape index (κ2) is 10.5. The minimum absolute atomic E-state index is 0. The number of halogens is 2. The smallest absolute Gasteiger partial charge is 1.00 e. The van der Waals surface area contributed by atoms with E-state index in [1.54, 1.807) is 0 Å². The Morgan fingerprint density at radius 2 is 1.48 bits per heavy atom. The molecule has 0 fully saturated rings. The number of hydrogen-bond acceptors (Lipinski definition) is 0. The zero-order valence-electron chi connectivity index (χ0n) is 16.8. The van der Waals surface area contributed by atoms with Crippen LogP contribution in [0.1, 0.15) is 16.7 Å². The third kappa shape index (κ3) is 5.00. The third-order valence-corrected chi connectivity index (χ3v) is 5.25. The molecule has 0 atom stereocenters. The van der Waals surface area contributed by atoms with Crippen LogP contribution in [0.4, 0.5) is 0 Å². The van der Waals surface area contributed by atoms with Gasteiger partial charge < -0.3 is 14.0 Å². The zero-order valence-corrected chi connectivity index (χ0v) is 19.2. The Morgan fingerprint density at radius 1 is 0.828 bits per heavy atom. The molecule has 0 spiro atoms. The summed E-state index contributed by atoms with van der Waals surface area (Å²) >= 11 is 0. The topological polar surface area (TPSA) is 4.93 Å². The van der Waals surface area contributed by atoms with Crippen LogP contribution in [0.2, 0.25) is 0 Å². The Kier molecular flexibility index (Phi) is 8.91. The second-order valence-corrected chi connectivity index (χ2v) is 6.91. The van der Waals surface area contributed by atoms with Gasteiger partial charge in [0.2, 0.25) is 0 Å². The Morgan fingerprint density at radius 3 is 2.07 bits per heavy atom. The molecule has 1 aromatic heterocycles. The summed E-state index contributed by atoms with van der Waals surface area (Å²) in [6.45, 7) is 6.44. The molecule has 4 aromatic carbocycles. The van der Waals surface area contributed by atoms with Crippen molar-refractivity contribution in [3.63, 3.8) is 0 Å². The van der Waals surface area contributed by atoms with E-state index in [4.69, 9.17) is 0 Å². The number of nitrogens with zero attached hydrogens (tertiary/aromatic N) is 1. The van der Waals surface area contributed by atoms with Crippen molar-refractivity contribution in [2.75, 3.05) is 0 Å². The molecule has 0 saturated carbocycles. The van der Waals surface area contributed by atoms with E-state index in [-0.39, 0.29) is 35.6 Å². The summed E-state index contributed by atoms with van der Waals surface area (Å²) in [6, 6.07) is 27.9. The van der Waals surface area contributed by atoms with Crippen molar-refractivity contribution in [1.82, 2.24) is 4.57 Å². The van der Waals surface area contributed by atoms with Gasteiger partial charge >= 0.3 is 26.2 Å². The molecule has 1 heterocycles. The van der Waals surface area contributed by atoms with Crippen molar-refractivity contribution in [3.05, 3.63) is 102 Å². The van der Waals surface area contributed by atoms with Crippen LogP contribution >= 0.6 is 0 Å². The first-order chi connectivity index (χ1) is 12.6. The van der Waals surface area contributed by atoms with Crippen molar-refractivity contribution < 1.29 is 35.6 Å². The first-order valence-corrected chi connectivity index (χ1v) is 9.05. The monoisotopic (exact) mass is 465 g/mol. The van der Waals surface area contributed by atoms with Gasteiger partial charge in [0.15, 0.2) is 0 Å². The molecule has 0 aliphatic heterocycles. The fourth-order valence-electron chi connectivity index (χ4n) is 3.39. The van der Waals surface area contributed by atoms with Crippen molar-refractivity contribution in [2.24, 2.45) is 0 Å². The van der Waals surface area contributed by atoms with Crippen molar-refractivity contribution >= 4 is 21.7 Å². The number of aromatic nitrogens is 1. The maximum absolute atomic E-state index is 2.25. The van der Waals surface area contributed by atoms with Gasteiger partial charge in [0.1, 0.15) is 0 Å². The summed E-state index contributed by atoms with van der Waals surface area (Å²) in [5.41, 5.74) is 6.74. The zero-order chi connectivity index (χ0) is 18.1. The predicted molar refractivity (Wildman–Crippen MR) is 113 cm³/mol. The van der Waals surface area contributed by atoms with Gasteiger partial charge in [-0.15, -0.1) is 41.1 Å². The molecule has 0 radical (unpaired) electrons. The quantitative estimate of drug-likeness (QED) is 0.323. The Balaban J connectivity index is 0.000000332. The molecule has 4 heteroatoms. The van der Waals surface area contributed by atoms with Crippen molar-refractivity contribution in [3.8, 4) is 5.69 Å². The predicted octanol–water partition coefficient (Wildman–Crippen LogP) is 0.839. The first-order valence-electron chi connectivity index (χ1n) is 9.05. The van der Waals surface area contributed by atoms with Crippen molar-refractivity contribution in [2.45, 2.75) is 20.8 Å². The number of fused-ring (bicyclic) bond motifs is 2. The van der Waals surface area contributed by atoms with Crippen LogP contribution in [-0.2, 0) is 26.2 Å². The molecule has 5 rings (SSSR count). The second-order valence-electron chi connectivity index (χ2n) is 6.91. The van der Waals surface area contributed by atoms with Crippen LogP contribution in [0.25, 0.3) is 27.4 Å².